The number of benzene rings is 4. The van der Waals surface area contributed by atoms with Gasteiger partial charge in [0.2, 0.25) is 0 Å². The smallest absolute Gasteiger partial charge is 0.266 e. The largest absolute Gasteiger partial charge is 0.494 e. The molecule has 37 heavy (non-hydrogen) atoms. The van der Waals surface area contributed by atoms with Gasteiger partial charge >= 0.3 is 0 Å². The highest BCUT2D eigenvalue weighted by molar-refractivity contribution is 6.32. The highest BCUT2D eigenvalue weighted by Crippen LogP contribution is 2.37. The summed E-state index contributed by atoms with van der Waals surface area (Å²) in [7, 11) is 1.51. The average Bonchev–Trinajstić information content (AvgIpc) is 2.91. The average molecular weight is 513 g/mol. The lowest BCUT2D eigenvalue weighted by atomic mass is 10.1. The van der Waals surface area contributed by atoms with Crippen LogP contribution in [0.2, 0.25) is 5.02 Å². The first-order valence-electron chi connectivity index (χ1n) is 11.6. The summed E-state index contributed by atoms with van der Waals surface area (Å²) in [5.41, 5.74) is 1.97. The van der Waals surface area contributed by atoms with Crippen LogP contribution in [-0.4, -0.2) is 19.6 Å². The minimum absolute atomic E-state index is 0.0863. The van der Waals surface area contributed by atoms with Crippen molar-refractivity contribution in [2.45, 2.75) is 13.5 Å². The molecule has 0 heterocycles. The van der Waals surface area contributed by atoms with Crippen molar-refractivity contribution in [1.82, 2.24) is 0 Å². The lowest BCUT2D eigenvalue weighted by molar-refractivity contribution is -0.112. The van der Waals surface area contributed by atoms with Crippen LogP contribution in [0.1, 0.15) is 18.1 Å². The molecule has 0 saturated heterocycles. The van der Waals surface area contributed by atoms with Crippen LogP contribution < -0.4 is 19.5 Å². The zero-order chi connectivity index (χ0) is 26.2. The van der Waals surface area contributed by atoms with Gasteiger partial charge in [0.25, 0.3) is 5.91 Å². The van der Waals surface area contributed by atoms with Gasteiger partial charge in [-0.25, -0.2) is 0 Å². The standard InChI is InChI=1S/C30H25ClN2O4/c1-3-36-26-12-10-25(11-13-26)33-30(34)24(18-32)15-21-16-27(31)29(28(17-21)35-2)37-19-20-8-9-22-6-4-5-7-23(22)14-20/h4-17H,3,19H2,1-2H3,(H,33,34)/b24-15-. The van der Waals surface area contributed by atoms with Gasteiger partial charge in [-0.2, -0.15) is 5.26 Å². The summed E-state index contributed by atoms with van der Waals surface area (Å²) in [6, 6.07) is 26.4. The monoisotopic (exact) mass is 512 g/mol. The number of nitrogens with zero attached hydrogens (tertiary/aromatic N) is 1. The van der Waals surface area contributed by atoms with Gasteiger partial charge in [0.05, 0.1) is 18.7 Å². The molecule has 0 aliphatic heterocycles. The summed E-state index contributed by atoms with van der Waals surface area (Å²) in [6.07, 6.45) is 1.45. The molecule has 0 fully saturated rings. The summed E-state index contributed by atoms with van der Waals surface area (Å²) in [4.78, 5) is 12.7. The molecule has 0 saturated carbocycles. The number of carbonyl (C=O) groups excluding carboxylic acids is 1. The quantitative estimate of drug-likeness (QED) is 0.192. The Morgan fingerprint density at radius 2 is 1.76 bits per heavy atom. The number of anilines is 1. The van der Waals surface area contributed by atoms with Crippen molar-refractivity contribution < 1.29 is 19.0 Å². The molecule has 0 atom stereocenters. The molecular formula is C30H25ClN2O4. The molecule has 7 heteroatoms. The second-order valence-electron chi connectivity index (χ2n) is 8.09. The van der Waals surface area contributed by atoms with E-state index in [-0.39, 0.29) is 5.57 Å². The molecule has 1 amide bonds. The molecule has 0 aliphatic rings. The van der Waals surface area contributed by atoms with E-state index in [1.807, 2.05) is 43.3 Å². The molecule has 186 valence electrons. The third kappa shape index (κ3) is 6.40. The Morgan fingerprint density at radius 3 is 2.46 bits per heavy atom. The molecular weight excluding hydrogens is 488 g/mol. The van der Waals surface area contributed by atoms with E-state index in [2.05, 4.69) is 17.4 Å². The maximum Gasteiger partial charge on any atom is 0.266 e. The van der Waals surface area contributed by atoms with Crippen molar-refractivity contribution in [3.05, 3.63) is 101 Å². The number of halogens is 1. The lowest BCUT2D eigenvalue weighted by Crippen LogP contribution is -2.13. The SMILES string of the molecule is CCOc1ccc(NC(=O)/C(C#N)=C\c2cc(Cl)c(OCc3ccc4ccccc4c3)c(OC)c2)cc1. The number of nitrogens with one attached hydrogen (secondary N) is 1. The molecule has 1 N–H and O–H groups in total. The Labute approximate surface area is 220 Å². The molecule has 0 bridgehead atoms. The summed E-state index contributed by atoms with van der Waals surface area (Å²) < 4.78 is 16.9. The summed E-state index contributed by atoms with van der Waals surface area (Å²) in [5, 5.41) is 14.9. The Balaban J connectivity index is 1.50. The number of nitriles is 1. The molecule has 0 aliphatic carbocycles. The van der Waals surface area contributed by atoms with Crippen molar-refractivity contribution in [3.8, 4) is 23.3 Å². The number of carbonyl (C=O) groups is 1. The Kier molecular flexibility index (Phi) is 8.29. The van der Waals surface area contributed by atoms with Gasteiger partial charge in [-0.1, -0.05) is 48.0 Å². The van der Waals surface area contributed by atoms with Crippen molar-refractivity contribution >= 4 is 40.0 Å². The Hall–Kier alpha value is -4.47. The molecule has 0 spiro atoms. The van der Waals surface area contributed by atoms with Crippen LogP contribution in [0.3, 0.4) is 0 Å². The van der Waals surface area contributed by atoms with Crippen LogP contribution in [0, 0.1) is 11.3 Å². The summed E-state index contributed by atoms with van der Waals surface area (Å²) >= 11 is 6.52. The van der Waals surface area contributed by atoms with E-state index >= 15 is 0 Å². The minimum atomic E-state index is -0.543. The van der Waals surface area contributed by atoms with E-state index in [0.29, 0.717) is 46.7 Å². The van der Waals surface area contributed by atoms with Gasteiger partial charge in [0, 0.05) is 5.69 Å². The topological polar surface area (TPSA) is 80.6 Å². The van der Waals surface area contributed by atoms with E-state index in [1.165, 1.54) is 13.2 Å². The second kappa shape index (κ2) is 12.0. The van der Waals surface area contributed by atoms with E-state index in [0.717, 1.165) is 16.3 Å². The third-order valence-corrected chi connectivity index (χ3v) is 5.83. The summed E-state index contributed by atoms with van der Waals surface area (Å²) in [5.74, 6) is 0.926. The van der Waals surface area contributed by atoms with Gasteiger partial charge < -0.3 is 19.5 Å². The highest BCUT2D eigenvalue weighted by atomic mass is 35.5. The number of hydrogen-bond acceptors (Lipinski definition) is 5. The van der Waals surface area contributed by atoms with E-state index in [4.69, 9.17) is 25.8 Å². The van der Waals surface area contributed by atoms with Gasteiger partial charge in [0.15, 0.2) is 11.5 Å². The minimum Gasteiger partial charge on any atom is -0.494 e. The van der Waals surface area contributed by atoms with E-state index < -0.39 is 5.91 Å². The van der Waals surface area contributed by atoms with Gasteiger partial charge in [0.1, 0.15) is 24.0 Å². The molecule has 4 aromatic rings. The maximum absolute atomic E-state index is 12.7. The number of methoxy groups -OCH3 is 1. The zero-order valence-corrected chi connectivity index (χ0v) is 21.2. The maximum atomic E-state index is 12.7. The normalized spacial score (nSPS) is 11.0. The van der Waals surface area contributed by atoms with Crippen LogP contribution in [0.4, 0.5) is 5.69 Å². The van der Waals surface area contributed by atoms with Crippen LogP contribution >= 0.6 is 11.6 Å². The Bertz CT molecular complexity index is 1490. The van der Waals surface area contributed by atoms with Crippen molar-refractivity contribution in [2.24, 2.45) is 0 Å². The fraction of sp³-hybridized carbons (Fsp3) is 0.133. The first-order chi connectivity index (χ1) is 18.0. The highest BCUT2D eigenvalue weighted by Gasteiger charge is 2.15. The van der Waals surface area contributed by atoms with Gasteiger partial charge in [-0.3, -0.25) is 4.79 Å². The predicted octanol–water partition coefficient (Wildman–Crippen LogP) is 7.03. The van der Waals surface area contributed by atoms with E-state index in [1.54, 1.807) is 36.4 Å². The number of hydrogen-bond donors (Lipinski definition) is 1. The van der Waals surface area contributed by atoms with E-state index in [9.17, 15) is 10.1 Å². The Morgan fingerprint density at radius 1 is 1.00 bits per heavy atom. The predicted molar refractivity (Wildman–Crippen MR) is 146 cm³/mol. The van der Waals surface area contributed by atoms with Crippen molar-refractivity contribution in [1.29, 1.82) is 5.26 Å². The first-order valence-corrected chi connectivity index (χ1v) is 12.0. The lowest BCUT2D eigenvalue weighted by Gasteiger charge is -2.14. The first kappa shape index (κ1) is 25.6. The van der Waals surface area contributed by atoms with Crippen LogP contribution in [0.25, 0.3) is 16.8 Å². The number of ether oxygens (including phenoxy) is 3. The molecule has 4 aromatic carbocycles. The van der Waals surface area contributed by atoms with Crippen LogP contribution in [0.5, 0.6) is 17.2 Å². The second-order valence-corrected chi connectivity index (χ2v) is 8.49. The molecule has 0 aromatic heterocycles. The summed E-state index contributed by atoms with van der Waals surface area (Å²) in [6.45, 7) is 2.74. The third-order valence-electron chi connectivity index (χ3n) is 5.55. The zero-order valence-electron chi connectivity index (χ0n) is 20.5. The number of amides is 1. The fourth-order valence-electron chi connectivity index (χ4n) is 3.76. The molecule has 4 rings (SSSR count). The molecule has 6 nitrogen and oxygen atoms in total. The number of fused-ring (bicyclic) bond motifs is 1. The fourth-order valence-corrected chi connectivity index (χ4v) is 4.04. The molecule has 0 unspecified atom stereocenters. The number of rotatable bonds is 9. The molecule has 0 radical (unpaired) electrons. The van der Waals surface area contributed by atoms with Crippen LogP contribution in [0.15, 0.2) is 84.4 Å². The van der Waals surface area contributed by atoms with Gasteiger partial charge in [-0.05, 0) is 77.4 Å². The van der Waals surface area contributed by atoms with Gasteiger partial charge in [-0.15, -0.1) is 0 Å². The van der Waals surface area contributed by atoms with Crippen molar-refractivity contribution in [2.75, 3.05) is 19.0 Å². The van der Waals surface area contributed by atoms with Crippen LogP contribution in [-0.2, 0) is 11.4 Å². The van der Waals surface area contributed by atoms with Crippen molar-refractivity contribution in [3.63, 3.8) is 0 Å².